The van der Waals surface area contributed by atoms with Gasteiger partial charge in [0.1, 0.15) is 0 Å². The molecule has 0 saturated carbocycles. The molecule has 0 aliphatic carbocycles. The zero-order valence-electron chi connectivity index (χ0n) is 10.6. The van der Waals surface area contributed by atoms with Crippen molar-refractivity contribution in [1.29, 1.82) is 0 Å². The predicted octanol–water partition coefficient (Wildman–Crippen LogP) is 2.86. The molecule has 1 aliphatic heterocycles. The highest BCUT2D eigenvalue weighted by atomic mass is 79.9. The van der Waals surface area contributed by atoms with Crippen LogP contribution < -0.4 is 5.32 Å². The topological polar surface area (TPSA) is 32.3 Å². The maximum atomic E-state index is 12.1. The smallest absolute Gasteiger partial charge is 0.222 e. The van der Waals surface area contributed by atoms with E-state index in [1.54, 1.807) is 11.3 Å². The van der Waals surface area contributed by atoms with Gasteiger partial charge in [0.2, 0.25) is 5.91 Å². The molecule has 1 aliphatic rings. The summed E-state index contributed by atoms with van der Waals surface area (Å²) in [6.45, 7) is 2.83. The van der Waals surface area contributed by atoms with Crippen molar-refractivity contribution in [3.8, 4) is 0 Å². The molecule has 1 amide bonds. The quantitative estimate of drug-likeness (QED) is 0.920. The van der Waals surface area contributed by atoms with Crippen molar-refractivity contribution >= 4 is 33.2 Å². The molecule has 100 valence electrons. The fourth-order valence-electron chi connectivity index (χ4n) is 2.25. The Labute approximate surface area is 121 Å². The molecule has 1 aromatic rings. The van der Waals surface area contributed by atoms with Crippen LogP contribution in [0.5, 0.6) is 0 Å². The molecule has 1 fully saturated rings. The lowest BCUT2D eigenvalue weighted by atomic mass is 9.94. The Morgan fingerprint density at radius 1 is 1.56 bits per heavy atom. The van der Waals surface area contributed by atoms with Gasteiger partial charge >= 0.3 is 0 Å². The van der Waals surface area contributed by atoms with E-state index in [0.29, 0.717) is 12.3 Å². The van der Waals surface area contributed by atoms with Crippen molar-refractivity contribution in [2.45, 2.75) is 25.8 Å². The third kappa shape index (κ3) is 4.07. The number of hydrogen-bond donors (Lipinski definition) is 1. The Morgan fingerprint density at radius 2 is 2.28 bits per heavy atom. The molecule has 1 aromatic heterocycles. The van der Waals surface area contributed by atoms with E-state index < -0.39 is 0 Å². The highest BCUT2D eigenvalue weighted by Gasteiger charge is 2.19. The summed E-state index contributed by atoms with van der Waals surface area (Å²) in [5.74, 6) is 0.836. The lowest BCUT2D eigenvalue weighted by Gasteiger charge is -2.24. The number of hydrogen-bond acceptors (Lipinski definition) is 3. The SMILES string of the molecule is CN(Cc1cc(Br)cs1)C(=O)CC1CCNCC1. The van der Waals surface area contributed by atoms with Crippen molar-refractivity contribution < 1.29 is 4.79 Å². The highest BCUT2D eigenvalue weighted by Crippen LogP contribution is 2.22. The molecule has 0 bridgehead atoms. The van der Waals surface area contributed by atoms with Gasteiger partial charge in [0.15, 0.2) is 0 Å². The summed E-state index contributed by atoms with van der Waals surface area (Å²) in [6, 6.07) is 2.08. The van der Waals surface area contributed by atoms with Gasteiger partial charge in [-0.15, -0.1) is 11.3 Å². The first-order valence-electron chi connectivity index (χ1n) is 6.32. The molecule has 0 atom stereocenters. The monoisotopic (exact) mass is 330 g/mol. The van der Waals surface area contributed by atoms with E-state index in [-0.39, 0.29) is 5.91 Å². The number of halogens is 1. The molecule has 2 heterocycles. The van der Waals surface area contributed by atoms with E-state index in [2.05, 4.69) is 32.7 Å². The van der Waals surface area contributed by atoms with Crippen LogP contribution >= 0.6 is 27.3 Å². The van der Waals surface area contributed by atoms with Crippen molar-refractivity contribution in [1.82, 2.24) is 10.2 Å². The Morgan fingerprint density at radius 3 is 2.89 bits per heavy atom. The van der Waals surface area contributed by atoms with E-state index in [9.17, 15) is 4.79 Å². The van der Waals surface area contributed by atoms with Crippen molar-refractivity contribution in [2.75, 3.05) is 20.1 Å². The van der Waals surface area contributed by atoms with Gasteiger partial charge in [0.05, 0.1) is 6.54 Å². The van der Waals surface area contributed by atoms with Crippen LogP contribution in [0.4, 0.5) is 0 Å². The summed E-state index contributed by atoms with van der Waals surface area (Å²) < 4.78 is 1.10. The summed E-state index contributed by atoms with van der Waals surface area (Å²) in [4.78, 5) is 15.2. The molecule has 5 heteroatoms. The Hall–Kier alpha value is -0.390. The van der Waals surface area contributed by atoms with Crippen LogP contribution in [0.1, 0.15) is 24.1 Å². The fourth-order valence-corrected chi connectivity index (χ4v) is 3.75. The molecule has 1 saturated heterocycles. The molecule has 18 heavy (non-hydrogen) atoms. The van der Waals surface area contributed by atoms with Crippen LogP contribution in [0.2, 0.25) is 0 Å². The molecule has 3 nitrogen and oxygen atoms in total. The number of carbonyl (C=O) groups excluding carboxylic acids is 1. The molecule has 0 aromatic carbocycles. The molecule has 0 radical (unpaired) electrons. The van der Waals surface area contributed by atoms with Gasteiger partial charge in [-0.2, -0.15) is 0 Å². The van der Waals surface area contributed by atoms with Crippen molar-refractivity contribution in [2.24, 2.45) is 5.92 Å². The third-order valence-corrected chi connectivity index (χ3v) is 5.04. The van der Waals surface area contributed by atoms with E-state index >= 15 is 0 Å². The van der Waals surface area contributed by atoms with Gasteiger partial charge in [-0.25, -0.2) is 0 Å². The number of nitrogens with zero attached hydrogens (tertiary/aromatic N) is 1. The Kier molecular flexibility index (Phi) is 5.21. The first-order chi connectivity index (χ1) is 8.65. The summed E-state index contributed by atoms with van der Waals surface area (Å²) in [7, 11) is 1.90. The Balaban J connectivity index is 1.80. The average Bonchev–Trinajstić information content (AvgIpc) is 2.76. The second-order valence-electron chi connectivity index (χ2n) is 4.88. The molecular formula is C13H19BrN2OS. The molecule has 1 N–H and O–H groups in total. The van der Waals surface area contributed by atoms with Gasteiger partial charge in [0.25, 0.3) is 0 Å². The van der Waals surface area contributed by atoms with Crippen LogP contribution in [0.3, 0.4) is 0 Å². The van der Waals surface area contributed by atoms with Gasteiger partial charge in [0, 0.05) is 28.2 Å². The first-order valence-corrected chi connectivity index (χ1v) is 8.00. The van der Waals surface area contributed by atoms with Crippen molar-refractivity contribution in [3.05, 3.63) is 20.8 Å². The maximum Gasteiger partial charge on any atom is 0.222 e. The number of amides is 1. The van der Waals surface area contributed by atoms with Crippen LogP contribution in [-0.4, -0.2) is 30.9 Å². The predicted molar refractivity (Wildman–Crippen MR) is 78.7 cm³/mol. The van der Waals surface area contributed by atoms with Gasteiger partial charge in [-0.3, -0.25) is 4.79 Å². The summed E-state index contributed by atoms with van der Waals surface area (Å²) in [6.07, 6.45) is 2.96. The minimum atomic E-state index is 0.270. The van der Waals surface area contributed by atoms with Gasteiger partial charge in [-0.05, 0) is 53.8 Å². The molecular weight excluding hydrogens is 312 g/mol. The molecule has 2 rings (SSSR count). The third-order valence-electron chi connectivity index (χ3n) is 3.36. The van der Waals surface area contributed by atoms with Crippen molar-refractivity contribution in [3.63, 3.8) is 0 Å². The van der Waals surface area contributed by atoms with Crippen LogP contribution in [0.25, 0.3) is 0 Å². The standard InChI is InChI=1S/C13H19BrN2OS/c1-16(8-12-7-11(14)9-18-12)13(17)6-10-2-4-15-5-3-10/h7,9-10,15H,2-6,8H2,1H3. The summed E-state index contributed by atoms with van der Waals surface area (Å²) >= 11 is 5.13. The minimum absolute atomic E-state index is 0.270. The number of rotatable bonds is 4. The minimum Gasteiger partial charge on any atom is -0.341 e. The van der Waals surface area contributed by atoms with E-state index in [4.69, 9.17) is 0 Å². The summed E-state index contributed by atoms with van der Waals surface area (Å²) in [5.41, 5.74) is 0. The second kappa shape index (κ2) is 6.68. The van der Waals surface area contributed by atoms with Crippen LogP contribution in [-0.2, 0) is 11.3 Å². The van der Waals surface area contributed by atoms with E-state index in [1.807, 2.05) is 11.9 Å². The van der Waals surface area contributed by atoms with Gasteiger partial charge < -0.3 is 10.2 Å². The fraction of sp³-hybridized carbons (Fsp3) is 0.615. The lowest BCUT2D eigenvalue weighted by Crippen LogP contribution is -2.33. The number of piperidine rings is 1. The lowest BCUT2D eigenvalue weighted by molar-refractivity contribution is -0.131. The van der Waals surface area contributed by atoms with E-state index in [0.717, 1.165) is 36.9 Å². The van der Waals surface area contributed by atoms with Crippen LogP contribution in [0, 0.1) is 5.92 Å². The number of thiophene rings is 1. The van der Waals surface area contributed by atoms with Gasteiger partial charge in [-0.1, -0.05) is 0 Å². The summed E-state index contributed by atoms with van der Waals surface area (Å²) in [5, 5.41) is 5.39. The van der Waals surface area contributed by atoms with Crippen LogP contribution in [0.15, 0.2) is 15.9 Å². The van der Waals surface area contributed by atoms with E-state index in [1.165, 1.54) is 4.88 Å². The number of carbonyl (C=O) groups is 1. The molecule has 0 unspecified atom stereocenters. The normalized spacial score (nSPS) is 16.8. The number of nitrogens with one attached hydrogen (secondary N) is 1. The zero-order chi connectivity index (χ0) is 13.0. The molecule has 0 spiro atoms. The average molecular weight is 331 g/mol. The zero-order valence-corrected chi connectivity index (χ0v) is 13.0. The second-order valence-corrected chi connectivity index (χ2v) is 6.79. The largest absolute Gasteiger partial charge is 0.341 e. The first kappa shape index (κ1) is 14.0. The maximum absolute atomic E-state index is 12.1. The highest BCUT2D eigenvalue weighted by molar-refractivity contribution is 9.10. The Bertz CT molecular complexity index is 401.